The summed E-state index contributed by atoms with van der Waals surface area (Å²) in [6.07, 6.45) is 3.35. The summed E-state index contributed by atoms with van der Waals surface area (Å²) in [5.74, 6) is 0.597. The molecular formula is C12H13BrN4O2. The van der Waals surface area contributed by atoms with E-state index in [1.54, 1.807) is 24.2 Å². The minimum atomic E-state index is -0.0931. The van der Waals surface area contributed by atoms with Crippen molar-refractivity contribution in [1.82, 2.24) is 14.8 Å². The lowest BCUT2D eigenvalue weighted by atomic mass is 10.3. The van der Waals surface area contributed by atoms with Crippen molar-refractivity contribution in [1.29, 1.82) is 0 Å². The van der Waals surface area contributed by atoms with E-state index in [2.05, 4.69) is 31.3 Å². The van der Waals surface area contributed by atoms with Crippen LogP contribution >= 0.6 is 15.9 Å². The molecule has 0 aliphatic heterocycles. The van der Waals surface area contributed by atoms with Crippen molar-refractivity contribution in [3.05, 3.63) is 35.3 Å². The van der Waals surface area contributed by atoms with Gasteiger partial charge < -0.3 is 10.1 Å². The van der Waals surface area contributed by atoms with Crippen molar-refractivity contribution in [2.75, 3.05) is 12.4 Å². The maximum Gasteiger partial charge on any atom is 0.226 e. The molecule has 1 N–H and O–H groups in total. The number of halogens is 1. The van der Waals surface area contributed by atoms with E-state index in [4.69, 9.17) is 4.74 Å². The fraction of sp³-hybridized carbons (Fsp3) is 0.250. The van der Waals surface area contributed by atoms with Crippen LogP contribution in [0, 0.1) is 0 Å². The molecule has 0 saturated carbocycles. The number of amides is 1. The van der Waals surface area contributed by atoms with Crippen LogP contribution in [0.5, 0.6) is 5.75 Å². The SMILES string of the molecule is COc1ccc(Br)c(NC(=O)CCn2cncn2)c1. The second-order valence-corrected chi connectivity index (χ2v) is 4.66. The number of benzene rings is 1. The molecule has 0 fully saturated rings. The van der Waals surface area contributed by atoms with Crippen molar-refractivity contribution in [3.8, 4) is 5.75 Å². The van der Waals surface area contributed by atoms with Gasteiger partial charge in [0.15, 0.2) is 0 Å². The lowest BCUT2D eigenvalue weighted by Gasteiger charge is -2.09. The number of hydrogen-bond acceptors (Lipinski definition) is 4. The van der Waals surface area contributed by atoms with Crippen LogP contribution in [-0.4, -0.2) is 27.8 Å². The Labute approximate surface area is 118 Å². The Morgan fingerprint density at radius 1 is 1.53 bits per heavy atom. The minimum absolute atomic E-state index is 0.0931. The largest absolute Gasteiger partial charge is 0.497 e. The average Bonchev–Trinajstić information content (AvgIpc) is 2.92. The molecule has 2 rings (SSSR count). The summed E-state index contributed by atoms with van der Waals surface area (Å²) in [7, 11) is 1.58. The van der Waals surface area contributed by atoms with Crippen molar-refractivity contribution < 1.29 is 9.53 Å². The minimum Gasteiger partial charge on any atom is -0.497 e. The molecule has 19 heavy (non-hydrogen) atoms. The molecule has 0 radical (unpaired) electrons. The van der Waals surface area contributed by atoms with Crippen LogP contribution in [0.1, 0.15) is 6.42 Å². The fourth-order valence-corrected chi connectivity index (χ4v) is 1.85. The second kappa shape index (κ2) is 6.33. The molecule has 1 aromatic carbocycles. The second-order valence-electron chi connectivity index (χ2n) is 3.80. The highest BCUT2D eigenvalue weighted by Gasteiger charge is 2.07. The third kappa shape index (κ3) is 3.78. The molecule has 1 amide bonds. The van der Waals surface area contributed by atoms with E-state index in [0.717, 1.165) is 4.47 Å². The van der Waals surface area contributed by atoms with Gasteiger partial charge in [-0.2, -0.15) is 5.10 Å². The fourth-order valence-electron chi connectivity index (χ4n) is 1.50. The third-order valence-electron chi connectivity index (χ3n) is 2.48. The Kier molecular flexibility index (Phi) is 4.51. The molecular weight excluding hydrogens is 312 g/mol. The lowest BCUT2D eigenvalue weighted by molar-refractivity contribution is -0.116. The summed E-state index contributed by atoms with van der Waals surface area (Å²) in [5, 5.41) is 6.76. The van der Waals surface area contributed by atoms with Crippen molar-refractivity contribution in [2.24, 2.45) is 0 Å². The number of rotatable bonds is 5. The zero-order valence-electron chi connectivity index (χ0n) is 10.3. The summed E-state index contributed by atoms with van der Waals surface area (Å²) in [4.78, 5) is 15.6. The molecule has 6 nitrogen and oxygen atoms in total. The maximum atomic E-state index is 11.8. The average molecular weight is 325 g/mol. The highest BCUT2D eigenvalue weighted by molar-refractivity contribution is 9.10. The van der Waals surface area contributed by atoms with Crippen molar-refractivity contribution in [2.45, 2.75) is 13.0 Å². The molecule has 0 saturated heterocycles. The highest BCUT2D eigenvalue weighted by atomic mass is 79.9. The molecule has 2 aromatic rings. The predicted octanol–water partition coefficient (Wildman–Crippen LogP) is 2.08. The van der Waals surface area contributed by atoms with E-state index in [0.29, 0.717) is 24.4 Å². The standard InChI is InChI=1S/C12H13BrN4O2/c1-19-9-2-3-10(13)11(6-9)16-12(18)4-5-17-8-14-7-15-17/h2-3,6-8H,4-5H2,1H3,(H,16,18). The van der Waals surface area contributed by atoms with E-state index in [1.165, 1.54) is 6.33 Å². The number of carbonyl (C=O) groups is 1. The van der Waals surface area contributed by atoms with Crippen LogP contribution in [0.15, 0.2) is 35.3 Å². The van der Waals surface area contributed by atoms with Gasteiger partial charge in [0.25, 0.3) is 0 Å². The van der Waals surface area contributed by atoms with E-state index >= 15 is 0 Å². The van der Waals surface area contributed by atoms with Gasteiger partial charge in [-0.3, -0.25) is 9.48 Å². The Morgan fingerprint density at radius 2 is 2.37 bits per heavy atom. The molecule has 0 aliphatic rings. The number of aryl methyl sites for hydroxylation is 1. The molecule has 0 unspecified atom stereocenters. The smallest absolute Gasteiger partial charge is 0.226 e. The number of aromatic nitrogens is 3. The molecule has 0 spiro atoms. The molecule has 0 atom stereocenters. The topological polar surface area (TPSA) is 69.0 Å². The van der Waals surface area contributed by atoms with Crippen LogP contribution < -0.4 is 10.1 Å². The third-order valence-corrected chi connectivity index (χ3v) is 3.17. The molecule has 1 aromatic heterocycles. The van der Waals surface area contributed by atoms with Crippen LogP contribution in [-0.2, 0) is 11.3 Å². The quantitative estimate of drug-likeness (QED) is 0.914. The summed E-state index contributed by atoms with van der Waals surface area (Å²) in [6, 6.07) is 5.40. The predicted molar refractivity (Wildman–Crippen MR) is 74.0 cm³/mol. The van der Waals surface area contributed by atoms with E-state index < -0.39 is 0 Å². The normalized spacial score (nSPS) is 10.2. The summed E-state index contributed by atoms with van der Waals surface area (Å²) >= 11 is 3.38. The van der Waals surface area contributed by atoms with Gasteiger partial charge in [0, 0.05) is 17.0 Å². The van der Waals surface area contributed by atoms with Crippen molar-refractivity contribution in [3.63, 3.8) is 0 Å². The van der Waals surface area contributed by atoms with Crippen molar-refractivity contribution >= 4 is 27.5 Å². The molecule has 1 heterocycles. The first-order valence-corrected chi connectivity index (χ1v) is 6.44. The number of anilines is 1. The number of carbonyl (C=O) groups excluding carboxylic acids is 1. The Bertz CT molecular complexity index is 557. The van der Waals surface area contributed by atoms with Gasteiger partial charge in [-0.15, -0.1) is 0 Å². The number of nitrogens with zero attached hydrogens (tertiary/aromatic N) is 3. The number of hydrogen-bond donors (Lipinski definition) is 1. The van der Waals surface area contributed by atoms with Crippen LogP contribution in [0.2, 0.25) is 0 Å². The Balaban J connectivity index is 1.94. The van der Waals surface area contributed by atoms with Gasteiger partial charge in [-0.1, -0.05) is 0 Å². The van der Waals surface area contributed by atoms with Gasteiger partial charge in [0.05, 0.1) is 19.3 Å². The molecule has 100 valence electrons. The van der Waals surface area contributed by atoms with E-state index in [1.807, 2.05) is 12.1 Å². The summed E-state index contributed by atoms with van der Waals surface area (Å²) in [5.41, 5.74) is 0.683. The zero-order chi connectivity index (χ0) is 13.7. The highest BCUT2D eigenvalue weighted by Crippen LogP contribution is 2.27. The lowest BCUT2D eigenvalue weighted by Crippen LogP contribution is -2.15. The van der Waals surface area contributed by atoms with Gasteiger partial charge in [0.2, 0.25) is 5.91 Å². The molecule has 0 aliphatic carbocycles. The Hall–Kier alpha value is -1.89. The number of ether oxygens (including phenoxy) is 1. The van der Waals surface area contributed by atoms with Gasteiger partial charge in [-0.05, 0) is 28.1 Å². The zero-order valence-corrected chi connectivity index (χ0v) is 11.9. The monoisotopic (exact) mass is 324 g/mol. The first-order chi connectivity index (χ1) is 9.19. The Morgan fingerprint density at radius 3 is 3.05 bits per heavy atom. The van der Waals surface area contributed by atoms with E-state index in [9.17, 15) is 4.79 Å². The van der Waals surface area contributed by atoms with Crippen LogP contribution in [0.4, 0.5) is 5.69 Å². The summed E-state index contributed by atoms with van der Waals surface area (Å²) < 4.78 is 7.53. The first-order valence-electron chi connectivity index (χ1n) is 5.65. The maximum absolute atomic E-state index is 11.8. The summed E-state index contributed by atoms with van der Waals surface area (Å²) in [6.45, 7) is 0.493. The van der Waals surface area contributed by atoms with Gasteiger partial charge in [0.1, 0.15) is 18.4 Å². The van der Waals surface area contributed by atoms with Gasteiger partial charge >= 0.3 is 0 Å². The molecule has 7 heteroatoms. The first kappa shape index (κ1) is 13.5. The van der Waals surface area contributed by atoms with Crippen LogP contribution in [0.25, 0.3) is 0 Å². The molecule has 0 bridgehead atoms. The number of nitrogens with one attached hydrogen (secondary N) is 1. The van der Waals surface area contributed by atoms with E-state index in [-0.39, 0.29) is 5.91 Å². The van der Waals surface area contributed by atoms with Crippen LogP contribution in [0.3, 0.4) is 0 Å². The van der Waals surface area contributed by atoms with Gasteiger partial charge in [-0.25, -0.2) is 4.98 Å². The number of methoxy groups -OCH3 is 1.